The third kappa shape index (κ3) is 5.19. The van der Waals surface area contributed by atoms with E-state index in [1.165, 1.54) is 33.9 Å². The zero-order valence-corrected chi connectivity index (χ0v) is 23.3. The number of carbonyl (C=O) groups is 1. The molecule has 5 N–H and O–H groups in total. The van der Waals surface area contributed by atoms with E-state index < -0.39 is 47.4 Å². The van der Waals surface area contributed by atoms with Crippen LogP contribution in [0.25, 0.3) is 31.4 Å². The van der Waals surface area contributed by atoms with Crippen LogP contribution in [0.3, 0.4) is 0 Å². The zero-order chi connectivity index (χ0) is 28.9. The highest BCUT2D eigenvalue weighted by Gasteiger charge is 2.45. The molecule has 1 aromatic carbocycles. The highest BCUT2D eigenvalue weighted by atomic mass is 32.2. The Morgan fingerprint density at radius 1 is 1.20 bits per heavy atom. The van der Waals surface area contributed by atoms with Crippen molar-refractivity contribution in [3.63, 3.8) is 0 Å². The van der Waals surface area contributed by atoms with Gasteiger partial charge in [0.05, 0.1) is 30.3 Å². The van der Waals surface area contributed by atoms with Crippen LogP contribution in [-0.2, 0) is 19.2 Å². The minimum absolute atomic E-state index is 0.108. The Kier molecular flexibility index (Phi) is 7.01. The lowest BCUT2D eigenvalue weighted by Gasteiger charge is -2.16. The van der Waals surface area contributed by atoms with E-state index in [4.69, 9.17) is 19.4 Å². The van der Waals surface area contributed by atoms with Crippen LogP contribution in [0.1, 0.15) is 16.7 Å². The standard InChI is InChI=1S/C22H20N8O8S3/c1-36-9-2-3-10-13(4-9)40-21(27-10)20-28-11(6-39-20)19(33)29-41(34,35)37-5-12-15(31)16(32)22(38-12)30-8-26-14-17(23)24-7-25-18(14)30/h2-4,6-8,12,15-16,22,31-32H,5H2,1H3,(H,29,33)(H2,23,24,25)/t12-,15-,16-,22-/m1/s1. The maximum absolute atomic E-state index is 12.6. The number of hydrogen-bond acceptors (Lipinski definition) is 16. The number of nitrogens with two attached hydrogens (primary N) is 1. The number of thiazole rings is 2. The number of ether oxygens (including phenoxy) is 2. The van der Waals surface area contributed by atoms with Gasteiger partial charge in [-0.25, -0.2) is 29.6 Å². The molecule has 19 heteroatoms. The lowest BCUT2D eigenvalue weighted by Crippen LogP contribution is -2.37. The Labute approximate surface area is 238 Å². The molecule has 1 aliphatic heterocycles. The minimum Gasteiger partial charge on any atom is -0.497 e. The van der Waals surface area contributed by atoms with Crippen molar-refractivity contribution >= 4 is 66.1 Å². The smallest absolute Gasteiger partial charge is 0.362 e. The molecule has 41 heavy (non-hydrogen) atoms. The molecule has 6 rings (SSSR count). The van der Waals surface area contributed by atoms with E-state index in [0.29, 0.717) is 15.8 Å². The van der Waals surface area contributed by atoms with Crippen molar-refractivity contribution in [2.45, 2.75) is 24.5 Å². The first-order chi connectivity index (χ1) is 19.6. The summed E-state index contributed by atoms with van der Waals surface area (Å²) in [7, 11) is -3.08. The van der Waals surface area contributed by atoms with Crippen molar-refractivity contribution in [2.75, 3.05) is 19.5 Å². The number of anilines is 1. The van der Waals surface area contributed by atoms with E-state index in [1.54, 1.807) is 24.0 Å². The molecular weight excluding hydrogens is 600 g/mol. The van der Waals surface area contributed by atoms with Gasteiger partial charge >= 0.3 is 10.3 Å². The van der Waals surface area contributed by atoms with Crippen LogP contribution < -0.4 is 15.2 Å². The molecule has 5 aromatic rings. The van der Waals surface area contributed by atoms with Crippen LogP contribution in [0.2, 0.25) is 0 Å². The first kappa shape index (κ1) is 27.3. The predicted octanol–water partition coefficient (Wildman–Crippen LogP) is 0.461. The van der Waals surface area contributed by atoms with Gasteiger partial charge in [-0.3, -0.25) is 13.5 Å². The van der Waals surface area contributed by atoms with Crippen LogP contribution in [-0.4, -0.2) is 86.1 Å². The van der Waals surface area contributed by atoms with Crippen LogP contribution in [0.15, 0.2) is 36.2 Å². The molecular formula is C22H20N8O8S3. The molecule has 1 amide bonds. The van der Waals surface area contributed by atoms with Gasteiger partial charge in [-0.15, -0.1) is 22.7 Å². The quantitative estimate of drug-likeness (QED) is 0.185. The summed E-state index contributed by atoms with van der Waals surface area (Å²) >= 11 is 2.47. The van der Waals surface area contributed by atoms with Gasteiger partial charge in [-0.05, 0) is 18.2 Å². The topological polar surface area (TPSA) is 227 Å². The van der Waals surface area contributed by atoms with Gasteiger partial charge in [-0.1, -0.05) is 0 Å². The minimum atomic E-state index is -4.64. The number of nitrogen functional groups attached to an aromatic ring is 1. The number of imidazole rings is 1. The monoisotopic (exact) mass is 620 g/mol. The van der Waals surface area contributed by atoms with E-state index in [2.05, 4.69) is 24.9 Å². The number of aliphatic hydroxyl groups excluding tert-OH is 2. The number of benzene rings is 1. The molecule has 4 aromatic heterocycles. The fraction of sp³-hybridized carbons (Fsp3) is 0.273. The van der Waals surface area contributed by atoms with E-state index >= 15 is 0 Å². The SMILES string of the molecule is COc1ccc2nc(-c3nc(C(=O)NS(=O)(=O)OC[C@H]4O[C@@H](n5cnc6c(N)ncnc65)[C@H](O)[C@@H]4O)cs3)sc2c1. The van der Waals surface area contributed by atoms with Gasteiger partial charge < -0.3 is 25.4 Å². The number of hydrogen-bond donors (Lipinski definition) is 4. The number of nitrogens with zero attached hydrogens (tertiary/aromatic N) is 6. The van der Waals surface area contributed by atoms with Gasteiger partial charge in [-0.2, -0.15) is 8.42 Å². The molecule has 5 heterocycles. The van der Waals surface area contributed by atoms with E-state index in [1.807, 2.05) is 6.07 Å². The molecule has 1 saturated heterocycles. The van der Waals surface area contributed by atoms with Gasteiger partial charge in [0.2, 0.25) is 0 Å². The van der Waals surface area contributed by atoms with Crippen molar-refractivity contribution in [2.24, 2.45) is 0 Å². The molecule has 0 radical (unpaired) electrons. The molecule has 0 saturated carbocycles. The normalized spacial score (nSPS) is 21.0. The summed E-state index contributed by atoms with van der Waals surface area (Å²) in [5.41, 5.74) is 6.85. The Morgan fingerprint density at radius 2 is 2.02 bits per heavy atom. The summed E-state index contributed by atoms with van der Waals surface area (Å²) in [6.45, 7) is -0.710. The van der Waals surface area contributed by atoms with Gasteiger partial charge in [0, 0.05) is 5.38 Å². The van der Waals surface area contributed by atoms with E-state index in [9.17, 15) is 23.4 Å². The number of carbonyl (C=O) groups excluding carboxylic acids is 1. The molecule has 4 atom stereocenters. The second kappa shape index (κ2) is 10.5. The average Bonchev–Trinajstić information content (AvgIpc) is 3.73. The van der Waals surface area contributed by atoms with E-state index in [-0.39, 0.29) is 22.7 Å². The van der Waals surface area contributed by atoms with Crippen molar-refractivity contribution in [1.29, 1.82) is 0 Å². The van der Waals surface area contributed by atoms with Crippen LogP contribution in [0, 0.1) is 0 Å². The van der Waals surface area contributed by atoms with E-state index in [0.717, 1.165) is 21.6 Å². The molecule has 0 unspecified atom stereocenters. The summed E-state index contributed by atoms with van der Waals surface area (Å²) in [4.78, 5) is 33.3. The predicted molar refractivity (Wildman–Crippen MR) is 145 cm³/mol. The average molecular weight is 621 g/mol. The number of methoxy groups -OCH3 is 1. The van der Waals surface area contributed by atoms with Gasteiger partial charge in [0.15, 0.2) is 27.7 Å². The van der Waals surface area contributed by atoms with Crippen molar-refractivity contribution < 1.29 is 37.1 Å². The summed E-state index contributed by atoms with van der Waals surface area (Å²) in [5.74, 6) is -0.243. The first-order valence-electron chi connectivity index (χ1n) is 11.7. The molecule has 1 aliphatic rings. The number of aliphatic hydroxyl groups is 2. The number of fused-ring (bicyclic) bond motifs is 2. The fourth-order valence-corrected chi connectivity index (χ4v) is 6.64. The summed E-state index contributed by atoms with van der Waals surface area (Å²) in [6.07, 6.45) is -2.97. The highest BCUT2D eigenvalue weighted by Crippen LogP contribution is 2.34. The molecule has 16 nitrogen and oxygen atoms in total. The van der Waals surface area contributed by atoms with Crippen molar-refractivity contribution in [3.05, 3.63) is 41.9 Å². The van der Waals surface area contributed by atoms with Gasteiger partial charge in [0.1, 0.15) is 41.6 Å². The van der Waals surface area contributed by atoms with Crippen LogP contribution in [0.4, 0.5) is 5.82 Å². The second-order valence-electron chi connectivity index (χ2n) is 8.69. The molecule has 1 fully saturated rings. The Balaban J connectivity index is 1.10. The largest absolute Gasteiger partial charge is 0.497 e. The highest BCUT2D eigenvalue weighted by molar-refractivity contribution is 7.85. The number of nitrogens with one attached hydrogen (secondary N) is 1. The van der Waals surface area contributed by atoms with Crippen LogP contribution >= 0.6 is 22.7 Å². The second-order valence-corrected chi connectivity index (χ2v) is 11.9. The number of amides is 1. The third-order valence-electron chi connectivity index (χ3n) is 6.12. The molecule has 0 bridgehead atoms. The maximum Gasteiger partial charge on any atom is 0.362 e. The lowest BCUT2D eigenvalue weighted by atomic mass is 10.1. The van der Waals surface area contributed by atoms with Crippen LogP contribution in [0.5, 0.6) is 5.75 Å². The third-order valence-corrected chi connectivity index (χ3v) is 9.00. The number of rotatable bonds is 8. The lowest BCUT2D eigenvalue weighted by molar-refractivity contribution is -0.0468. The molecule has 214 valence electrons. The zero-order valence-electron chi connectivity index (χ0n) is 20.8. The Morgan fingerprint density at radius 3 is 2.83 bits per heavy atom. The molecule has 0 aliphatic carbocycles. The summed E-state index contributed by atoms with van der Waals surface area (Å²) < 4.78 is 44.7. The fourth-order valence-electron chi connectivity index (χ4n) is 4.10. The number of aromatic nitrogens is 6. The Bertz CT molecular complexity index is 1870. The first-order valence-corrected chi connectivity index (χ1v) is 14.8. The molecule has 0 spiro atoms. The summed E-state index contributed by atoms with van der Waals surface area (Å²) in [6, 6.07) is 5.40. The van der Waals surface area contributed by atoms with Crippen molar-refractivity contribution in [1.82, 2.24) is 34.2 Å². The van der Waals surface area contributed by atoms with Gasteiger partial charge in [0.25, 0.3) is 5.91 Å². The maximum atomic E-state index is 12.6. The summed E-state index contributed by atoms with van der Waals surface area (Å²) in [5, 5.41) is 23.4. The Hall–Kier alpha value is -3.85. The van der Waals surface area contributed by atoms with Crippen molar-refractivity contribution in [3.8, 4) is 15.8 Å².